The van der Waals surface area contributed by atoms with Gasteiger partial charge in [0.2, 0.25) is 5.91 Å². The molecule has 28 heavy (non-hydrogen) atoms. The van der Waals surface area contributed by atoms with Crippen molar-refractivity contribution in [1.29, 1.82) is 0 Å². The molecule has 1 atom stereocenters. The standard InChI is InChI=1S/C22H22BrN3O2/c1-14-18(15(2)26(25-14)17-6-4-3-5-7-17)13-22(27)24-20-10-11-28-21-9-8-16(23)12-19(20)21/h3-9,12,20H,10-11,13H2,1-2H3,(H,24,27). The Bertz CT molecular complexity index is 1010. The Balaban J connectivity index is 1.53. The molecule has 0 aliphatic carbocycles. The Hall–Kier alpha value is -2.60. The molecule has 1 aromatic heterocycles. The average Bonchev–Trinajstić information content (AvgIpc) is 2.97. The van der Waals surface area contributed by atoms with Crippen molar-refractivity contribution >= 4 is 21.8 Å². The minimum atomic E-state index is -0.0430. The lowest BCUT2D eigenvalue weighted by Crippen LogP contribution is -2.33. The number of fused-ring (bicyclic) bond motifs is 1. The maximum atomic E-state index is 12.8. The number of benzene rings is 2. The van der Waals surface area contributed by atoms with Gasteiger partial charge in [0, 0.05) is 27.7 Å². The highest BCUT2D eigenvalue weighted by Gasteiger charge is 2.24. The number of para-hydroxylation sites is 1. The SMILES string of the molecule is Cc1nn(-c2ccccc2)c(C)c1CC(=O)NC1CCOc2ccc(Br)cc21. The van der Waals surface area contributed by atoms with Gasteiger partial charge in [-0.15, -0.1) is 0 Å². The van der Waals surface area contributed by atoms with Gasteiger partial charge in [0.15, 0.2) is 0 Å². The van der Waals surface area contributed by atoms with E-state index >= 15 is 0 Å². The number of halogens is 1. The van der Waals surface area contributed by atoms with Crippen LogP contribution in [0.15, 0.2) is 53.0 Å². The van der Waals surface area contributed by atoms with E-state index < -0.39 is 0 Å². The monoisotopic (exact) mass is 439 g/mol. The minimum Gasteiger partial charge on any atom is -0.493 e. The summed E-state index contributed by atoms with van der Waals surface area (Å²) in [6.07, 6.45) is 1.07. The first-order chi connectivity index (χ1) is 13.5. The van der Waals surface area contributed by atoms with E-state index in [1.807, 2.05) is 67.1 Å². The van der Waals surface area contributed by atoms with E-state index in [4.69, 9.17) is 4.74 Å². The molecule has 6 heteroatoms. The second-order valence-corrected chi connectivity index (χ2v) is 7.93. The van der Waals surface area contributed by atoms with Gasteiger partial charge in [-0.3, -0.25) is 4.79 Å². The zero-order chi connectivity index (χ0) is 19.7. The van der Waals surface area contributed by atoms with E-state index in [0.29, 0.717) is 13.0 Å². The summed E-state index contributed by atoms with van der Waals surface area (Å²) < 4.78 is 8.59. The molecule has 3 aromatic rings. The lowest BCUT2D eigenvalue weighted by molar-refractivity contribution is -0.121. The second kappa shape index (κ2) is 7.80. The van der Waals surface area contributed by atoms with Gasteiger partial charge in [0.05, 0.1) is 30.5 Å². The Labute approximate surface area is 172 Å². The number of nitrogens with zero attached hydrogens (tertiary/aromatic N) is 2. The molecule has 0 saturated heterocycles. The molecule has 144 valence electrons. The molecular weight excluding hydrogens is 418 g/mol. The Morgan fingerprint density at radius 1 is 1.25 bits per heavy atom. The molecule has 0 radical (unpaired) electrons. The molecule has 0 bridgehead atoms. The van der Waals surface area contributed by atoms with Crippen LogP contribution in [0.2, 0.25) is 0 Å². The molecule has 0 spiro atoms. The quantitative estimate of drug-likeness (QED) is 0.653. The molecule has 1 aliphatic rings. The highest BCUT2D eigenvalue weighted by atomic mass is 79.9. The molecule has 1 N–H and O–H groups in total. The molecule has 0 saturated carbocycles. The van der Waals surface area contributed by atoms with Gasteiger partial charge >= 0.3 is 0 Å². The third-order valence-corrected chi connectivity index (χ3v) is 5.62. The highest BCUT2D eigenvalue weighted by molar-refractivity contribution is 9.10. The number of nitrogens with one attached hydrogen (secondary N) is 1. The van der Waals surface area contributed by atoms with Crippen molar-refractivity contribution in [3.05, 3.63) is 75.5 Å². The van der Waals surface area contributed by atoms with Gasteiger partial charge in [-0.05, 0) is 44.2 Å². The molecule has 2 heterocycles. The van der Waals surface area contributed by atoms with Crippen molar-refractivity contribution in [1.82, 2.24) is 15.1 Å². The first kappa shape index (κ1) is 18.7. The first-order valence-corrected chi connectivity index (χ1v) is 10.1. The molecule has 5 nitrogen and oxygen atoms in total. The van der Waals surface area contributed by atoms with E-state index in [1.165, 1.54) is 0 Å². The van der Waals surface area contributed by atoms with E-state index in [-0.39, 0.29) is 11.9 Å². The van der Waals surface area contributed by atoms with Crippen molar-refractivity contribution in [3.8, 4) is 11.4 Å². The van der Waals surface area contributed by atoms with Gasteiger partial charge in [-0.2, -0.15) is 5.10 Å². The van der Waals surface area contributed by atoms with Gasteiger partial charge in [-0.1, -0.05) is 34.1 Å². The number of ether oxygens (including phenoxy) is 1. The summed E-state index contributed by atoms with van der Waals surface area (Å²) in [7, 11) is 0. The highest BCUT2D eigenvalue weighted by Crippen LogP contribution is 2.34. The first-order valence-electron chi connectivity index (χ1n) is 9.35. The van der Waals surface area contributed by atoms with Gasteiger partial charge < -0.3 is 10.1 Å². The second-order valence-electron chi connectivity index (χ2n) is 7.01. The molecular formula is C22H22BrN3O2. The van der Waals surface area contributed by atoms with E-state index in [0.717, 1.165) is 44.8 Å². The van der Waals surface area contributed by atoms with Crippen LogP contribution in [-0.4, -0.2) is 22.3 Å². The summed E-state index contributed by atoms with van der Waals surface area (Å²) in [5.41, 5.74) is 4.86. The van der Waals surface area contributed by atoms with Crippen LogP contribution in [0, 0.1) is 13.8 Å². The topological polar surface area (TPSA) is 56.2 Å². The largest absolute Gasteiger partial charge is 0.493 e. The molecule has 2 aromatic carbocycles. The normalized spacial score (nSPS) is 15.6. The van der Waals surface area contributed by atoms with E-state index in [2.05, 4.69) is 26.3 Å². The van der Waals surface area contributed by atoms with Crippen LogP contribution in [-0.2, 0) is 11.2 Å². The smallest absolute Gasteiger partial charge is 0.225 e. The Morgan fingerprint density at radius 2 is 2.04 bits per heavy atom. The predicted molar refractivity (Wildman–Crippen MR) is 112 cm³/mol. The third kappa shape index (κ3) is 3.69. The fraction of sp³-hybridized carbons (Fsp3) is 0.273. The van der Waals surface area contributed by atoms with Gasteiger partial charge in [0.25, 0.3) is 0 Å². The van der Waals surface area contributed by atoms with Crippen LogP contribution in [0.1, 0.15) is 35.0 Å². The fourth-order valence-corrected chi connectivity index (χ4v) is 4.05. The minimum absolute atomic E-state index is 0.00311. The summed E-state index contributed by atoms with van der Waals surface area (Å²) in [6.45, 7) is 4.57. The predicted octanol–water partition coefficient (Wildman–Crippen LogP) is 4.43. The summed E-state index contributed by atoms with van der Waals surface area (Å²) >= 11 is 3.50. The summed E-state index contributed by atoms with van der Waals surface area (Å²) in [6, 6.07) is 15.8. The number of aromatic nitrogens is 2. The lowest BCUT2D eigenvalue weighted by atomic mass is 10.00. The number of hydrogen-bond donors (Lipinski definition) is 1. The lowest BCUT2D eigenvalue weighted by Gasteiger charge is -2.27. The number of aryl methyl sites for hydroxylation is 1. The number of carbonyl (C=O) groups excluding carboxylic acids is 1. The number of amides is 1. The summed E-state index contributed by atoms with van der Waals surface area (Å²) in [5.74, 6) is 0.834. The summed E-state index contributed by atoms with van der Waals surface area (Å²) in [5, 5.41) is 7.82. The van der Waals surface area contributed by atoms with Crippen molar-refractivity contribution < 1.29 is 9.53 Å². The van der Waals surface area contributed by atoms with Crippen LogP contribution in [0.4, 0.5) is 0 Å². The van der Waals surface area contributed by atoms with Crippen molar-refractivity contribution in [2.45, 2.75) is 32.7 Å². The van der Waals surface area contributed by atoms with Crippen molar-refractivity contribution in [2.75, 3.05) is 6.61 Å². The summed E-state index contributed by atoms with van der Waals surface area (Å²) in [4.78, 5) is 12.8. The van der Waals surface area contributed by atoms with Crippen LogP contribution >= 0.6 is 15.9 Å². The van der Waals surface area contributed by atoms with Gasteiger partial charge in [-0.25, -0.2) is 4.68 Å². The zero-order valence-electron chi connectivity index (χ0n) is 15.9. The molecule has 1 amide bonds. The van der Waals surface area contributed by atoms with Gasteiger partial charge in [0.1, 0.15) is 5.75 Å². The van der Waals surface area contributed by atoms with Crippen LogP contribution in [0.5, 0.6) is 5.75 Å². The van der Waals surface area contributed by atoms with Crippen molar-refractivity contribution in [2.24, 2.45) is 0 Å². The molecule has 4 rings (SSSR count). The average molecular weight is 440 g/mol. The maximum absolute atomic E-state index is 12.8. The van der Waals surface area contributed by atoms with Crippen LogP contribution < -0.4 is 10.1 Å². The van der Waals surface area contributed by atoms with E-state index in [1.54, 1.807) is 0 Å². The molecule has 0 fully saturated rings. The number of hydrogen-bond acceptors (Lipinski definition) is 3. The molecule has 1 aliphatic heterocycles. The number of carbonyl (C=O) groups is 1. The maximum Gasteiger partial charge on any atom is 0.225 e. The number of rotatable bonds is 4. The molecule has 1 unspecified atom stereocenters. The fourth-order valence-electron chi connectivity index (χ4n) is 3.67. The van der Waals surface area contributed by atoms with E-state index in [9.17, 15) is 4.79 Å². The Kier molecular flexibility index (Phi) is 5.22. The van der Waals surface area contributed by atoms with Crippen LogP contribution in [0.25, 0.3) is 5.69 Å². The Morgan fingerprint density at radius 3 is 2.82 bits per heavy atom. The third-order valence-electron chi connectivity index (χ3n) is 5.13. The zero-order valence-corrected chi connectivity index (χ0v) is 17.5. The van der Waals surface area contributed by atoms with Crippen LogP contribution in [0.3, 0.4) is 0 Å². The van der Waals surface area contributed by atoms with Crippen molar-refractivity contribution in [3.63, 3.8) is 0 Å².